The Hall–Kier alpha value is -2.40. The summed E-state index contributed by atoms with van der Waals surface area (Å²) < 4.78 is 11.2. The molecular weight excluding hydrogens is 280 g/mol. The van der Waals surface area contributed by atoms with Crippen LogP contribution in [0, 0.1) is 0 Å². The molecule has 1 aromatic heterocycles. The van der Waals surface area contributed by atoms with Gasteiger partial charge in [0.25, 0.3) is 5.91 Å². The van der Waals surface area contributed by atoms with E-state index in [9.17, 15) is 4.79 Å². The van der Waals surface area contributed by atoms with Gasteiger partial charge in [-0.05, 0) is 43.2 Å². The zero-order chi connectivity index (χ0) is 15.2. The fourth-order valence-corrected chi connectivity index (χ4v) is 2.33. The molecule has 0 bridgehead atoms. The number of aromatic nitrogens is 1. The summed E-state index contributed by atoms with van der Waals surface area (Å²) in [5, 5.41) is 2.82. The van der Waals surface area contributed by atoms with Crippen LogP contribution in [-0.4, -0.2) is 30.2 Å². The summed E-state index contributed by atoms with van der Waals surface area (Å²) in [7, 11) is 0. The summed E-state index contributed by atoms with van der Waals surface area (Å²) in [6.45, 7) is 1.33. The molecule has 3 rings (SSSR count). The monoisotopic (exact) mass is 298 g/mol. The van der Waals surface area contributed by atoms with E-state index in [-0.39, 0.29) is 12.0 Å². The highest BCUT2D eigenvalue weighted by Crippen LogP contribution is 2.18. The number of carbonyl (C=O) groups is 1. The number of amides is 1. The summed E-state index contributed by atoms with van der Waals surface area (Å²) in [5.41, 5.74) is 1.27. The Morgan fingerprint density at radius 1 is 1.32 bits per heavy atom. The van der Waals surface area contributed by atoms with Crippen LogP contribution in [0.3, 0.4) is 0 Å². The lowest BCUT2D eigenvalue weighted by molar-refractivity contribution is 0.0679. The maximum atomic E-state index is 12.2. The van der Waals surface area contributed by atoms with E-state index in [1.54, 1.807) is 36.7 Å². The molecule has 1 aliphatic rings. The van der Waals surface area contributed by atoms with Crippen molar-refractivity contribution in [3.63, 3.8) is 0 Å². The first-order valence-corrected chi connectivity index (χ1v) is 7.37. The van der Waals surface area contributed by atoms with Crippen molar-refractivity contribution in [2.45, 2.75) is 18.9 Å². The molecule has 1 atom stereocenters. The Balaban J connectivity index is 1.61. The Morgan fingerprint density at radius 2 is 2.18 bits per heavy atom. The number of benzene rings is 1. The summed E-state index contributed by atoms with van der Waals surface area (Å²) in [4.78, 5) is 16.1. The average molecular weight is 298 g/mol. The van der Waals surface area contributed by atoms with Crippen LogP contribution in [0.2, 0.25) is 0 Å². The quantitative estimate of drug-likeness (QED) is 0.922. The topological polar surface area (TPSA) is 60.5 Å². The Kier molecular flexibility index (Phi) is 4.65. The Morgan fingerprint density at radius 3 is 2.95 bits per heavy atom. The zero-order valence-electron chi connectivity index (χ0n) is 12.2. The molecule has 0 saturated carbocycles. The number of hydrogen-bond donors (Lipinski definition) is 1. The number of nitrogens with zero attached hydrogens (tertiary/aromatic N) is 1. The van der Waals surface area contributed by atoms with Crippen molar-refractivity contribution in [1.29, 1.82) is 0 Å². The van der Waals surface area contributed by atoms with Gasteiger partial charge in [-0.1, -0.05) is 6.07 Å². The summed E-state index contributed by atoms with van der Waals surface area (Å²) >= 11 is 0. The molecule has 0 radical (unpaired) electrons. The van der Waals surface area contributed by atoms with Crippen LogP contribution in [0.1, 0.15) is 23.2 Å². The first-order chi connectivity index (χ1) is 10.8. The Labute approximate surface area is 129 Å². The molecule has 1 fully saturated rings. The molecule has 0 unspecified atom stereocenters. The van der Waals surface area contributed by atoms with Crippen LogP contribution in [0.15, 0.2) is 48.8 Å². The SMILES string of the molecule is O=C(Nc1ccncc1)c1cccc(OC[C@H]2CCCO2)c1. The minimum absolute atomic E-state index is 0.161. The third-order valence-corrected chi connectivity index (χ3v) is 3.49. The van der Waals surface area contributed by atoms with Gasteiger partial charge >= 0.3 is 0 Å². The van der Waals surface area contributed by atoms with Gasteiger partial charge in [-0.2, -0.15) is 0 Å². The van der Waals surface area contributed by atoms with Crippen molar-refractivity contribution in [2.75, 3.05) is 18.5 Å². The molecule has 22 heavy (non-hydrogen) atoms. The summed E-state index contributed by atoms with van der Waals surface area (Å²) in [6.07, 6.45) is 5.55. The summed E-state index contributed by atoms with van der Waals surface area (Å²) in [5.74, 6) is 0.506. The van der Waals surface area contributed by atoms with E-state index in [0.717, 1.165) is 19.4 Å². The highest BCUT2D eigenvalue weighted by Gasteiger charge is 2.16. The molecule has 2 heterocycles. The molecule has 1 aliphatic heterocycles. The average Bonchev–Trinajstić information content (AvgIpc) is 3.08. The first-order valence-electron chi connectivity index (χ1n) is 7.37. The second kappa shape index (κ2) is 7.04. The van der Waals surface area contributed by atoms with Gasteiger partial charge in [-0.25, -0.2) is 0 Å². The first kappa shape index (κ1) is 14.5. The van der Waals surface area contributed by atoms with E-state index >= 15 is 0 Å². The highest BCUT2D eigenvalue weighted by atomic mass is 16.5. The molecular formula is C17H18N2O3. The van der Waals surface area contributed by atoms with Crippen LogP contribution in [0.25, 0.3) is 0 Å². The van der Waals surface area contributed by atoms with Gasteiger partial charge in [0.15, 0.2) is 0 Å². The standard InChI is InChI=1S/C17H18N2O3/c20-17(19-14-6-8-18-9-7-14)13-3-1-4-15(11-13)22-12-16-5-2-10-21-16/h1,3-4,6-9,11,16H,2,5,10,12H2,(H,18,19,20)/t16-/m1/s1. The Bertz CT molecular complexity index is 625. The number of rotatable bonds is 5. The molecule has 2 aromatic rings. The lowest BCUT2D eigenvalue weighted by Gasteiger charge is -2.12. The van der Waals surface area contributed by atoms with E-state index in [1.165, 1.54) is 0 Å². The van der Waals surface area contributed by atoms with Gasteiger partial charge < -0.3 is 14.8 Å². The largest absolute Gasteiger partial charge is 0.491 e. The number of ether oxygens (including phenoxy) is 2. The third kappa shape index (κ3) is 3.83. The highest BCUT2D eigenvalue weighted by molar-refractivity contribution is 6.04. The zero-order valence-corrected chi connectivity index (χ0v) is 12.2. The van der Waals surface area contributed by atoms with E-state index in [2.05, 4.69) is 10.3 Å². The molecule has 5 heteroatoms. The van der Waals surface area contributed by atoms with Gasteiger partial charge in [0, 0.05) is 30.3 Å². The lowest BCUT2D eigenvalue weighted by Crippen LogP contribution is -2.17. The van der Waals surface area contributed by atoms with E-state index in [1.807, 2.05) is 12.1 Å². The van der Waals surface area contributed by atoms with Crippen molar-refractivity contribution in [3.05, 3.63) is 54.4 Å². The van der Waals surface area contributed by atoms with Crippen molar-refractivity contribution in [3.8, 4) is 5.75 Å². The number of pyridine rings is 1. The molecule has 1 saturated heterocycles. The van der Waals surface area contributed by atoms with Crippen LogP contribution in [0.4, 0.5) is 5.69 Å². The molecule has 5 nitrogen and oxygen atoms in total. The molecule has 114 valence electrons. The van der Waals surface area contributed by atoms with Crippen molar-refractivity contribution >= 4 is 11.6 Å². The maximum Gasteiger partial charge on any atom is 0.255 e. The number of nitrogens with one attached hydrogen (secondary N) is 1. The molecule has 0 aliphatic carbocycles. The van der Waals surface area contributed by atoms with Crippen molar-refractivity contribution < 1.29 is 14.3 Å². The van der Waals surface area contributed by atoms with Gasteiger partial charge in [-0.3, -0.25) is 9.78 Å². The maximum absolute atomic E-state index is 12.2. The summed E-state index contributed by atoms with van der Waals surface area (Å²) in [6, 6.07) is 10.6. The number of anilines is 1. The second-order valence-electron chi connectivity index (χ2n) is 5.16. The van der Waals surface area contributed by atoms with Crippen LogP contribution in [-0.2, 0) is 4.74 Å². The normalized spacial score (nSPS) is 17.2. The van der Waals surface area contributed by atoms with Crippen LogP contribution >= 0.6 is 0 Å². The third-order valence-electron chi connectivity index (χ3n) is 3.49. The fourth-order valence-electron chi connectivity index (χ4n) is 2.33. The van der Waals surface area contributed by atoms with Gasteiger partial charge in [0.05, 0.1) is 6.10 Å². The predicted octanol–water partition coefficient (Wildman–Crippen LogP) is 2.89. The number of hydrogen-bond acceptors (Lipinski definition) is 4. The predicted molar refractivity (Wildman–Crippen MR) is 83.1 cm³/mol. The van der Waals surface area contributed by atoms with Gasteiger partial charge in [-0.15, -0.1) is 0 Å². The van der Waals surface area contributed by atoms with E-state index in [0.29, 0.717) is 23.6 Å². The second-order valence-corrected chi connectivity index (χ2v) is 5.16. The molecule has 0 spiro atoms. The van der Waals surface area contributed by atoms with E-state index in [4.69, 9.17) is 9.47 Å². The molecule has 1 N–H and O–H groups in total. The van der Waals surface area contributed by atoms with Crippen LogP contribution in [0.5, 0.6) is 5.75 Å². The minimum atomic E-state index is -0.172. The fraction of sp³-hybridized carbons (Fsp3) is 0.294. The van der Waals surface area contributed by atoms with Gasteiger partial charge in [0.1, 0.15) is 12.4 Å². The van der Waals surface area contributed by atoms with Gasteiger partial charge in [0.2, 0.25) is 0 Å². The van der Waals surface area contributed by atoms with Crippen molar-refractivity contribution in [1.82, 2.24) is 4.98 Å². The minimum Gasteiger partial charge on any atom is -0.491 e. The smallest absolute Gasteiger partial charge is 0.255 e. The van der Waals surface area contributed by atoms with E-state index < -0.39 is 0 Å². The number of carbonyl (C=O) groups excluding carboxylic acids is 1. The van der Waals surface area contributed by atoms with Crippen LogP contribution < -0.4 is 10.1 Å². The molecule has 1 aromatic carbocycles. The lowest BCUT2D eigenvalue weighted by atomic mass is 10.2. The van der Waals surface area contributed by atoms with Crippen molar-refractivity contribution in [2.24, 2.45) is 0 Å². The molecule has 1 amide bonds.